The molecule has 3 aromatic rings. The third-order valence-electron chi connectivity index (χ3n) is 3.89. The molecular weight excluding hydrogens is 336 g/mol. The highest BCUT2D eigenvalue weighted by atomic mass is 16.5. The van der Waals surface area contributed by atoms with Gasteiger partial charge >= 0.3 is 0 Å². The molecule has 2 heterocycles. The smallest absolute Gasteiger partial charge is 0.258 e. The van der Waals surface area contributed by atoms with E-state index in [4.69, 9.17) is 9.26 Å². The molecule has 0 spiro atoms. The van der Waals surface area contributed by atoms with Crippen molar-refractivity contribution in [3.8, 4) is 11.4 Å². The molecular formula is C18H20N4O4. The molecule has 26 heavy (non-hydrogen) atoms. The lowest BCUT2D eigenvalue weighted by Crippen LogP contribution is -2.30. The summed E-state index contributed by atoms with van der Waals surface area (Å²) in [5.74, 6) is 0.345. The first-order chi connectivity index (χ1) is 12.6. The van der Waals surface area contributed by atoms with Gasteiger partial charge in [0.1, 0.15) is 18.9 Å². The summed E-state index contributed by atoms with van der Waals surface area (Å²) in [5.41, 5.74) is 1.00. The zero-order valence-corrected chi connectivity index (χ0v) is 14.6. The Kier molecular flexibility index (Phi) is 5.33. The molecule has 0 saturated heterocycles. The first-order valence-electron chi connectivity index (χ1n) is 8.18. The molecule has 136 valence electrons. The minimum absolute atomic E-state index is 0.0741. The molecule has 1 aromatic carbocycles. The summed E-state index contributed by atoms with van der Waals surface area (Å²) >= 11 is 0. The van der Waals surface area contributed by atoms with Gasteiger partial charge in [0.05, 0.1) is 5.56 Å². The molecule has 0 atom stereocenters. The lowest BCUT2D eigenvalue weighted by molar-refractivity contribution is 0.0731. The van der Waals surface area contributed by atoms with Crippen LogP contribution in [-0.2, 0) is 17.9 Å². The molecule has 0 radical (unpaired) electrons. The van der Waals surface area contributed by atoms with Crippen LogP contribution < -0.4 is 0 Å². The number of phenolic OH excluding ortho intramolecular Hbond substituents is 1. The van der Waals surface area contributed by atoms with Crippen LogP contribution >= 0.6 is 0 Å². The number of hydrogen-bond donors (Lipinski definition) is 1. The number of nitrogens with zero attached hydrogens (tertiary/aromatic N) is 4. The van der Waals surface area contributed by atoms with Crippen molar-refractivity contribution in [1.29, 1.82) is 0 Å². The fourth-order valence-corrected chi connectivity index (χ4v) is 2.57. The van der Waals surface area contributed by atoms with Gasteiger partial charge < -0.3 is 23.8 Å². The van der Waals surface area contributed by atoms with Crippen LogP contribution in [0.25, 0.3) is 5.69 Å². The highest BCUT2D eigenvalue weighted by Gasteiger charge is 2.21. The predicted octanol–water partition coefficient (Wildman–Crippen LogP) is 2.37. The van der Waals surface area contributed by atoms with Crippen LogP contribution in [0.3, 0.4) is 0 Å². The number of hydrogen-bond acceptors (Lipinski definition) is 6. The van der Waals surface area contributed by atoms with Crippen LogP contribution in [0.15, 0.2) is 47.2 Å². The lowest BCUT2D eigenvalue weighted by Gasteiger charge is -2.20. The van der Waals surface area contributed by atoms with Gasteiger partial charge in [-0.2, -0.15) is 4.98 Å². The zero-order chi connectivity index (χ0) is 18.5. The first-order valence-corrected chi connectivity index (χ1v) is 8.18. The standard InChI is InChI=1S/C18H20N4O4/c1-3-21(11-17-19-16(12-25-2)20-26-17)18(24)14-10-13(6-7-15(14)23)22-8-4-5-9-22/h4-10,23H,3,11-12H2,1-2H3. The van der Waals surface area contributed by atoms with E-state index in [1.807, 2.05) is 36.0 Å². The number of aromatic nitrogens is 3. The Morgan fingerprint density at radius 1 is 1.35 bits per heavy atom. The highest BCUT2D eigenvalue weighted by molar-refractivity contribution is 5.97. The van der Waals surface area contributed by atoms with Crippen LogP contribution in [0.4, 0.5) is 0 Å². The zero-order valence-electron chi connectivity index (χ0n) is 14.6. The van der Waals surface area contributed by atoms with E-state index >= 15 is 0 Å². The number of amides is 1. The van der Waals surface area contributed by atoms with Gasteiger partial charge in [0.15, 0.2) is 5.82 Å². The normalized spacial score (nSPS) is 10.8. The molecule has 0 bridgehead atoms. The van der Waals surface area contributed by atoms with Crippen molar-refractivity contribution in [2.45, 2.75) is 20.1 Å². The van der Waals surface area contributed by atoms with Gasteiger partial charge in [0, 0.05) is 31.7 Å². The Labute approximate surface area is 150 Å². The molecule has 0 unspecified atom stereocenters. The molecule has 1 amide bonds. The Hall–Kier alpha value is -3.13. The van der Waals surface area contributed by atoms with E-state index in [1.165, 1.54) is 11.0 Å². The van der Waals surface area contributed by atoms with Gasteiger partial charge in [0.2, 0.25) is 5.89 Å². The fourth-order valence-electron chi connectivity index (χ4n) is 2.57. The van der Waals surface area contributed by atoms with Gasteiger partial charge in [-0.3, -0.25) is 4.79 Å². The van der Waals surface area contributed by atoms with Crippen LogP contribution in [0, 0.1) is 0 Å². The highest BCUT2D eigenvalue weighted by Crippen LogP contribution is 2.23. The number of rotatable bonds is 7. The quantitative estimate of drug-likeness (QED) is 0.698. The average Bonchev–Trinajstić information content (AvgIpc) is 3.32. The first kappa shape index (κ1) is 17.7. The molecule has 2 aromatic heterocycles. The Morgan fingerprint density at radius 3 is 2.81 bits per heavy atom. The summed E-state index contributed by atoms with van der Waals surface area (Å²) in [6.07, 6.45) is 3.74. The van der Waals surface area contributed by atoms with E-state index < -0.39 is 0 Å². The van der Waals surface area contributed by atoms with Crippen molar-refractivity contribution in [2.75, 3.05) is 13.7 Å². The van der Waals surface area contributed by atoms with Crippen molar-refractivity contribution in [2.24, 2.45) is 0 Å². The summed E-state index contributed by atoms with van der Waals surface area (Å²) in [7, 11) is 1.54. The molecule has 8 heteroatoms. The summed E-state index contributed by atoms with van der Waals surface area (Å²) in [6.45, 7) is 2.66. The van der Waals surface area contributed by atoms with Gasteiger partial charge in [0.25, 0.3) is 5.91 Å². The van der Waals surface area contributed by atoms with E-state index in [1.54, 1.807) is 19.2 Å². The maximum Gasteiger partial charge on any atom is 0.258 e. The molecule has 0 aliphatic heterocycles. The lowest BCUT2D eigenvalue weighted by atomic mass is 10.1. The summed E-state index contributed by atoms with van der Waals surface area (Å²) in [4.78, 5) is 18.6. The predicted molar refractivity (Wildman–Crippen MR) is 92.9 cm³/mol. The molecule has 0 fully saturated rings. The second-order valence-corrected chi connectivity index (χ2v) is 5.65. The van der Waals surface area contributed by atoms with E-state index in [9.17, 15) is 9.90 Å². The Morgan fingerprint density at radius 2 is 2.12 bits per heavy atom. The maximum atomic E-state index is 12.9. The van der Waals surface area contributed by atoms with E-state index in [2.05, 4.69) is 10.1 Å². The number of phenols is 1. The van der Waals surface area contributed by atoms with Gasteiger partial charge in [-0.1, -0.05) is 5.16 Å². The monoisotopic (exact) mass is 356 g/mol. The van der Waals surface area contributed by atoms with Crippen molar-refractivity contribution >= 4 is 5.91 Å². The third-order valence-corrected chi connectivity index (χ3v) is 3.89. The molecule has 0 aliphatic carbocycles. The maximum absolute atomic E-state index is 12.9. The Balaban J connectivity index is 1.82. The van der Waals surface area contributed by atoms with Crippen LogP contribution in [-0.4, -0.2) is 44.3 Å². The molecule has 1 N–H and O–H groups in total. The molecule has 0 saturated carbocycles. The number of carbonyl (C=O) groups is 1. The summed E-state index contributed by atoms with van der Waals surface area (Å²) in [5, 5.41) is 14.0. The largest absolute Gasteiger partial charge is 0.507 e. The minimum Gasteiger partial charge on any atom is -0.507 e. The number of benzene rings is 1. The fraction of sp³-hybridized carbons (Fsp3) is 0.278. The van der Waals surface area contributed by atoms with E-state index in [-0.39, 0.29) is 30.4 Å². The van der Waals surface area contributed by atoms with Crippen molar-refractivity contribution in [3.05, 3.63) is 60.0 Å². The second-order valence-electron chi connectivity index (χ2n) is 5.65. The third kappa shape index (κ3) is 3.75. The molecule has 3 rings (SSSR count). The van der Waals surface area contributed by atoms with Crippen molar-refractivity contribution in [1.82, 2.24) is 19.6 Å². The number of methoxy groups -OCH3 is 1. The minimum atomic E-state index is -0.314. The SMILES string of the molecule is CCN(Cc1nc(COC)no1)C(=O)c1cc(-n2cccc2)ccc1O. The van der Waals surface area contributed by atoms with Crippen molar-refractivity contribution in [3.63, 3.8) is 0 Å². The summed E-state index contributed by atoms with van der Waals surface area (Å²) < 4.78 is 12.0. The number of ether oxygens (including phenoxy) is 1. The van der Waals surface area contributed by atoms with Crippen LogP contribution in [0.1, 0.15) is 29.0 Å². The number of aromatic hydroxyl groups is 1. The topological polar surface area (TPSA) is 93.6 Å². The van der Waals surface area contributed by atoms with Crippen LogP contribution in [0.2, 0.25) is 0 Å². The van der Waals surface area contributed by atoms with Gasteiger partial charge in [-0.15, -0.1) is 0 Å². The average molecular weight is 356 g/mol. The van der Waals surface area contributed by atoms with E-state index in [0.717, 1.165) is 5.69 Å². The van der Waals surface area contributed by atoms with Crippen LogP contribution in [0.5, 0.6) is 5.75 Å². The van der Waals surface area contributed by atoms with Gasteiger partial charge in [-0.25, -0.2) is 0 Å². The summed E-state index contributed by atoms with van der Waals surface area (Å²) in [6, 6.07) is 8.70. The van der Waals surface area contributed by atoms with Gasteiger partial charge in [-0.05, 0) is 37.3 Å². The molecule has 8 nitrogen and oxygen atoms in total. The second kappa shape index (κ2) is 7.83. The number of carbonyl (C=O) groups excluding carboxylic acids is 1. The van der Waals surface area contributed by atoms with E-state index in [0.29, 0.717) is 18.3 Å². The van der Waals surface area contributed by atoms with Crippen molar-refractivity contribution < 1.29 is 19.2 Å². The Bertz CT molecular complexity index is 873. The molecule has 0 aliphatic rings.